The molecule has 1 aliphatic rings. The van der Waals surface area contributed by atoms with Crippen molar-refractivity contribution < 1.29 is 24.9 Å². The van der Waals surface area contributed by atoms with Gasteiger partial charge in [0.25, 0.3) is 0 Å². The van der Waals surface area contributed by atoms with Crippen LogP contribution in [0, 0.1) is 11.8 Å². The number of aliphatic hydroxyl groups excluding tert-OH is 1. The van der Waals surface area contributed by atoms with E-state index in [2.05, 4.69) is 13.0 Å². The number of aliphatic hydroxyl groups is 2. The molecule has 1 rings (SSSR count). The molecule has 1 aliphatic carbocycles. The molecule has 0 radical (unpaired) electrons. The summed E-state index contributed by atoms with van der Waals surface area (Å²) in [5.74, 6) is -0.538. The molecule has 0 amide bonds. The molecule has 1 saturated carbocycles. The van der Waals surface area contributed by atoms with Crippen molar-refractivity contribution in [1.82, 2.24) is 0 Å². The first kappa shape index (κ1) is 22.8. The van der Waals surface area contributed by atoms with Crippen LogP contribution in [0.5, 0.6) is 0 Å². The van der Waals surface area contributed by atoms with Crippen LogP contribution in [-0.2, 0) is 9.59 Å². The summed E-state index contributed by atoms with van der Waals surface area (Å²) in [6.45, 7) is 3.98. The van der Waals surface area contributed by atoms with Crippen molar-refractivity contribution >= 4 is 11.8 Å². The monoisotopic (exact) mass is 368 g/mol. The van der Waals surface area contributed by atoms with Gasteiger partial charge in [-0.15, -0.1) is 0 Å². The molecule has 5 heteroatoms. The molecule has 3 N–H and O–H groups in total. The lowest BCUT2D eigenvalue weighted by Gasteiger charge is -2.21. The van der Waals surface area contributed by atoms with E-state index in [1.807, 2.05) is 13.0 Å². The Kier molecular flexibility index (Phi) is 10.1. The fourth-order valence-electron chi connectivity index (χ4n) is 3.70. The fraction of sp³-hybridized carbons (Fsp3) is 0.810. The van der Waals surface area contributed by atoms with E-state index in [1.165, 1.54) is 0 Å². The lowest BCUT2D eigenvalue weighted by Crippen LogP contribution is -2.22. The molecule has 4 atom stereocenters. The van der Waals surface area contributed by atoms with Crippen LogP contribution in [0.2, 0.25) is 0 Å². The first-order valence-corrected chi connectivity index (χ1v) is 10.1. The van der Waals surface area contributed by atoms with E-state index in [0.29, 0.717) is 25.0 Å². The van der Waals surface area contributed by atoms with Crippen LogP contribution in [0.4, 0.5) is 0 Å². The second-order valence-electron chi connectivity index (χ2n) is 8.00. The smallest absolute Gasteiger partial charge is 0.332 e. The number of aliphatic carboxylic acids is 1. The van der Waals surface area contributed by atoms with Crippen LogP contribution in [0.25, 0.3) is 0 Å². The van der Waals surface area contributed by atoms with Crippen molar-refractivity contribution in [3.05, 3.63) is 12.2 Å². The number of hydrogen-bond acceptors (Lipinski definition) is 4. The number of Topliss-reactive ketones (excluding diaryl/α,β-unsaturated/α-hetero) is 1. The van der Waals surface area contributed by atoms with Gasteiger partial charge >= 0.3 is 5.97 Å². The van der Waals surface area contributed by atoms with Gasteiger partial charge in [0.15, 0.2) is 6.10 Å². The largest absolute Gasteiger partial charge is 0.479 e. The summed E-state index contributed by atoms with van der Waals surface area (Å²) in [5, 5.41) is 28.2. The Balaban J connectivity index is 2.36. The molecule has 0 spiro atoms. The highest BCUT2D eigenvalue weighted by Crippen LogP contribution is 2.34. The third-order valence-electron chi connectivity index (χ3n) is 5.44. The summed E-state index contributed by atoms with van der Waals surface area (Å²) in [6, 6.07) is 0. The van der Waals surface area contributed by atoms with Gasteiger partial charge in [0.1, 0.15) is 5.78 Å². The molecule has 0 bridgehead atoms. The molecule has 0 aromatic heterocycles. The summed E-state index contributed by atoms with van der Waals surface area (Å²) in [5.41, 5.74) is -0.671. The normalized spacial score (nSPS) is 24.1. The van der Waals surface area contributed by atoms with Crippen LogP contribution in [0.1, 0.15) is 84.5 Å². The number of allylic oxidation sites excluding steroid dienone is 1. The maximum absolute atomic E-state index is 12.1. The standard InChI is InChI=1S/C21H36O5/c1-3-4-14-21(2,26)15-8-9-16-12-13-18(22)17(16)10-6-5-7-11-19(23)20(24)25/h8-9,16-17,19,23,26H,3-7,10-15H2,1-2H3,(H,24,25)/t16-,17+,19?,21?/m0/s1. The SMILES string of the molecule is CCCCC(C)(O)CC=C[C@H]1CCC(=O)[C@@H]1CCCCCC(O)C(=O)O. The van der Waals surface area contributed by atoms with Gasteiger partial charge < -0.3 is 15.3 Å². The molecule has 0 aliphatic heterocycles. The molecular formula is C21H36O5. The Hall–Kier alpha value is -1.20. The van der Waals surface area contributed by atoms with Gasteiger partial charge in [-0.05, 0) is 44.9 Å². The van der Waals surface area contributed by atoms with E-state index in [-0.39, 0.29) is 18.3 Å². The van der Waals surface area contributed by atoms with E-state index in [4.69, 9.17) is 5.11 Å². The Labute approximate surface area is 157 Å². The summed E-state index contributed by atoms with van der Waals surface area (Å²) in [4.78, 5) is 22.7. The highest BCUT2D eigenvalue weighted by atomic mass is 16.4. The van der Waals surface area contributed by atoms with Gasteiger partial charge in [0.2, 0.25) is 0 Å². The zero-order valence-corrected chi connectivity index (χ0v) is 16.3. The number of carboxylic acid groups (broad SMARTS) is 1. The molecule has 5 nitrogen and oxygen atoms in total. The topological polar surface area (TPSA) is 94.8 Å². The van der Waals surface area contributed by atoms with Crippen molar-refractivity contribution in [3.63, 3.8) is 0 Å². The minimum Gasteiger partial charge on any atom is -0.479 e. The van der Waals surface area contributed by atoms with Crippen molar-refractivity contribution in [2.45, 2.75) is 96.2 Å². The number of carbonyl (C=O) groups is 2. The predicted octanol–water partition coefficient (Wildman–Crippen LogP) is 3.87. The van der Waals surface area contributed by atoms with E-state index < -0.39 is 17.7 Å². The van der Waals surface area contributed by atoms with E-state index in [1.54, 1.807) is 0 Å². The van der Waals surface area contributed by atoms with Crippen LogP contribution in [-0.4, -0.2) is 38.8 Å². The molecular weight excluding hydrogens is 332 g/mol. The fourth-order valence-corrected chi connectivity index (χ4v) is 3.70. The molecule has 26 heavy (non-hydrogen) atoms. The second-order valence-corrected chi connectivity index (χ2v) is 8.00. The van der Waals surface area contributed by atoms with Crippen LogP contribution in [0.3, 0.4) is 0 Å². The number of carboxylic acids is 1. The van der Waals surface area contributed by atoms with E-state index in [9.17, 15) is 19.8 Å². The Morgan fingerprint density at radius 3 is 2.69 bits per heavy atom. The molecule has 0 heterocycles. The van der Waals surface area contributed by atoms with Crippen molar-refractivity contribution in [1.29, 1.82) is 0 Å². The number of ketones is 1. The number of hydrogen-bond donors (Lipinski definition) is 3. The van der Waals surface area contributed by atoms with E-state index >= 15 is 0 Å². The molecule has 2 unspecified atom stereocenters. The van der Waals surface area contributed by atoms with Gasteiger partial charge in [-0.25, -0.2) is 4.79 Å². The average molecular weight is 369 g/mol. The Morgan fingerprint density at radius 2 is 2.04 bits per heavy atom. The summed E-state index contributed by atoms with van der Waals surface area (Å²) < 4.78 is 0. The van der Waals surface area contributed by atoms with Crippen LogP contribution in [0.15, 0.2) is 12.2 Å². The molecule has 1 fully saturated rings. The van der Waals surface area contributed by atoms with Crippen LogP contribution < -0.4 is 0 Å². The number of unbranched alkanes of at least 4 members (excludes halogenated alkanes) is 3. The van der Waals surface area contributed by atoms with Crippen LogP contribution >= 0.6 is 0 Å². The zero-order valence-electron chi connectivity index (χ0n) is 16.3. The maximum Gasteiger partial charge on any atom is 0.332 e. The first-order chi connectivity index (χ1) is 12.3. The third-order valence-corrected chi connectivity index (χ3v) is 5.44. The lowest BCUT2D eigenvalue weighted by atomic mass is 9.88. The third kappa shape index (κ3) is 8.45. The van der Waals surface area contributed by atoms with Crippen molar-refractivity contribution in [2.75, 3.05) is 0 Å². The summed E-state index contributed by atoms with van der Waals surface area (Å²) in [6.07, 6.45) is 11.3. The maximum atomic E-state index is 12.1. The van der Waals surface area contributed by atoms with Gasteiger partial charge in [0, 0.05) is 12.3 Å². The Bertz CT molecular complexity index is 469. The minimum absolute atomic E-state index is 0.0521. The average Bonchev–Trinajstić information content (AvgIpc) is 2.92. The van der Waals surface area contributed by atoms with Gasteiger partial charge in [-0.2, -0.15) is 0 Å². The molecule has 0 aromatic carbocycles. The van der Waals surface area contributed by atoms with Gasteiger partial charge in [-0.3, -0.25) is 4.79 Å². The predicted molar refractivity (Wildman–Crippen MR) is 102 cm³/mol. The first-order valence-electron chi connectivity index (χ1n) is 10.1. The summed E-state index contributed by atoms with van der Waals surface area (Å²) >= 11 is 0. The van der Waals surface area contributed by atoms with E-state index in [0.717, 1.165) is 44.9 Å². The molecule has 0 saturated heterocycles. The van der Waals surface area contributed by atoms with Crippen molar-refractivity contribution in [3.8, 4) is 0 Å². The number of carbonyl (C=O) groups excluding carboxylic acids is 1. The molecule has 0 aromatic rings. The quantitative estimate of drug-likeness (QED) is 0.339. The van der Waals surface area contributed by atoms with Gasteiger partial charge in [0.05, 0.1) is 5.60 Å². The highest BCUT2D eigenvalue weighted by Gasteiger charge is 2.32. The second kappa shape index (κ2) is 11.5. The Morgan fingerprint density at radius 1 is 1.31 bits per heavy atom. The highest BCUT2D eigenvalue weighted by molar-refractivity contribution is 5.83. The van der Waals surface area contributed by atoms with Crippen molar-refractivity contribution in [2.24, 2.45) is 11.8 Å². The zero-order chi connectivity index (χ0) is 19.6. The number of rotatable bonds is 13. The lowest BCUT2D eigenvalue weighted by molar-refractivity contribution is -0.147. The minimum atomic E-state index is -1.28. The molecule has 150 valence electrons. The van der Waals surface area contributed by atoms with Gasteiger partial charge in [-0.1, -0.05) is 51.2 Å². The summed E-state index contributed by atoms with van der Waals surface area (Å²) in [7, 11) is 0.